The molecule has 0 aliphatic carbocycles. The van der Waals surface area contributed by atoms with Crippen LogP contribution in [0.25, 0.3) is 0 Å². The fourth-order valence-corrected chi connectivity index (χ4v) is 3.02. The first-order valence-electron chi connectivity index (χ1n) is 5.17. The number of hydrogen-bond donors (Lipinski definition) is 2. The van der Waals surface area contributed by atoms with Crippen molar-refractivity contribution in [3.63, 3.8) is 0 Å². The highest BCUT2D eigenvalue weighted by Crippen LogP contribution is 2.24. The van der Waals surface area contributed by atoms with Crippen molar-refractivity contribution in [2.45, 2.75) is 20.8 Å². The highest BCUT2D eigenvalue weighted by atomic mass is 32.2. The molecule has 0 atom stereocenters. The van der Waals surface area contributed by atoms with Crippen molar-refractivity contribution in [1.29, 1.82) is 0 Å². The summed E-state index contributed by atoms with van der Waals surface area (Å²) >= 11 is 0. The first-order valence-corrected chi connectivity index (χ1v) is 6.82. The first-order chi connectivity index (χ1) is 7.32. The number of hydrogen-bond acceptors (Lipinski definition) is 3. The van der Waals surface area contributed by atoms with Gasteiger partial charge >= 0.3 is 0 Å². The molecule has 0 heterocycles. The van der Waals surface area contributed by atoms with Gasteiger partial charge < -0.3 is 5.73 Å². The number of sulfonamides is 1. The van der Waals surface area contributed by atoms with E-state index in [-0.39, 0.29) is 11.7 Å². The molecule has 1 rings (SSSR count). The Morgan fingerprint density at radius 2 is 2.00 bits per heavy atom. The zero-order chi connectivity index (χ0) is 12.3. The van der Waals surface area contributed by atoms with Crippen LogP contribution in [0, 0.1) is 12.8 Å². The fourth-order valence-electron chi connectivity index (χ4n) is 1.47. The van der Waals surface area contributed by atoms with E-state index >= 15 is 0 Å². The van der Waals surface area contributed by atoms with Crippen LogP contribution >= 0.6 is 0 Å². The molecule has 0 radical (unpaired) electrons. The second-order valence-corrected chi connectivity index (χ2v) is 6.08. The number of nitrogens with two attached hydrogens (primary N) is 1. The molecule has 0 aliphatic heterocycles. The van der Waals surface area contributed by atoms with E-state index in [1.165, 1.54) is 0 Å². The van der Waals surface area contributed by atoms with Gasteiger partial charge in [-0.3, -0.25) is 4.72 Å². The van der Waals surface area contributed by atoms with Crippen LogP contribution < -0.4 is 10.5 Å². The molecule has 0 fully saturated rings. The van der Waals surface area contributed by atoms with Gasteiger partial charge in [0, 0.05) is 0 Å². The van der Waals surface area contributed by atoms with Gasteiger partial charge in [-0.1, -0.05) is 26.0 Å². The number of nitrogens with one attached hydrogen (secondary N) is 1. The molecular weight excluding hydrogens is 224 g/mol. The summed E-state index contributed by atoms with van der Waals surface area (Å²) in [5, 5.41) is 0. The summed E-state index contributed by atoms with van der Waals surface area (Å²) in [6.07, 6.45) is 0. The zero-order valence-corrected chi connectivity index (χ0v) is 10.6. The summed E-state index contributed by atoms with van der Waals surface area (Å²) in [4.78, 5) is 0. The molecule has 0 unspecified atom stereocenters. The summed E-state index contributed by atoms with van der Waals surface area (Å²) in [6.45, 7) is 5.55. The van der Waals surface area contributed by atoms with Crippen molar-refractivity contribution in [1.82, 2.24) is 0 Å². The molecule has 0 spiro atoms. The minimum atomic E-state index is -3.31. The number of aryl methyl sites for hydroxylation is 1. The summed E-state index contributed by atoms with van der Waals surface area (Å²) in [7, 11) is -3.31. The molecule has 0 aromatic heterocycles. The van der Waals surface area contributed by atoms with Gasteiger partial charge in [-0.15, -0.1) is 0 Å². The Morgan fingerprint density at radius 3 is 2.50 bits per heavy atom. The number of anilines is 2. The van der Waals surface area contributed by atoms with Gasteiger partial charge in [0.2, 0.25) is 10.0 Å². The third kappa shape index (κ3) is 3.41. The minimum Gasteiger partial charge on any atom is -0.397 e. The number of rotatable bonds is 4. The molecule has 0 amide bonds. The maximum atomic E-state index is 11.7. The van der Waals surface area contributed by atoms with Gasteiger partial charge in [0.15, 0.2) is 0 Å². The minimum absolute atomic E-state index is 0.0859. The van der Waals surface area contributed by atoms with Gasteiger partial charge in [-0.2, -0.15) is 0 Å². The van der Waals surface area contributed by atoms with Gasteiger partial charge in [-0.25, -0.2) is 8.42 Å². The SMILES string of the molecule is Cc1cccc(N)c1NS(=O)(=O)CC(C)C. The van der Waals surface area contributed by atoms with Crippen LogP contribution in [-0.4, -0.2) is 14.2 Å². The topological polar surface area (TPSA) is 72.2 Å². The maximum absolute atomic E-state index is 11.7. The smallest absolute Gasteiger partial charge is 0.233 e. The summed E-state index contributed by atoms with van der Waals surface area (Å²) in [5.74, 6) is 0.184. The Morgan fingerprint density at radius 1 is 1.38 bits per heavy atom. The van der Waals surface area contributed by atoms with Crippen molar-refractivity contribution in [2.75, 3.05) is 16.2 Å². The second kappa shape index (κ2) is 4.74. The lowest BCUT2D eigenvalue weighted by Crippen LogP contribution is -2.21. The van der Waals surface area contributed by atoms with Crippen LogP contribution in [0.15, 0.2) is 18.2 Å². The van der Waals surface area contributed by atoms with E-state index in [1.807, 2.05) is 26.8 Å². The molecule has 1 aromatic carbocycles. The summed E-state index contributed by atoms with van der Waals surface area (Å²) in [5.41, 5.74) is 7.50. The lowest BCUT2D eigenvalue weighted by molar-refractivity contribution is 0.587. The van der Waals surface area contributed by atoms with E-state index in [0.29, 0.717) is 11.4 Å². The normalized spacial score (nSPS) is 11.8. The zero-order valence-electron chi connectivity index (χ0n) is 9.82. The number of nitrogen functional groups attached to an aromatic ring is 1. The third-order valence-electron chi connectivity index (χ3n) is 2.12. The van der Waals surface area contributed by atoms with E-state index in [0.717, 1.165) is 5.56 Å². The Labute approximate surface area is 96.9 Å². The Bertz CT molecular complexity index is 447. The highest BCUT2D eigenvalue weighted by Gasteiger charge is 2.15. The van der Waals surface area contributed by atoms with E-state index in [1.54, 1.807) is 12.1 Å². The van der Waals surface area contributed by atoms with Gasteiger partial charge in [-0.05, 0) is 24.5 Å². The Hall–Kier alpha value is -1.23. The standard InChI is InChI=1S/C11H18N2O2S/c1-8(2)7-16(14,15)13-11-9(3)5-4-6-10(11)12/h4-6,8,13H,7,12H2,1-3H3. The van der Waals surface area contributed by atoms with E-state index in [4.69, 9.17) is 5.73 Å². The van der Waals surface area contributed by atoms with Crippen LogP contribution in [0.5, 0.6) is 0 Å². The highest BCUT2D eigenvalue weighted by molar-refractivity contribution is 7.92. The predicted octanol–water partition coefficient (Wildman–Crippen LogP) is 1.97. The molecule has 3 N–H and O–H groups in total. The van der Waals surface area contributed by atoms with Crippen molar-refractivity contribution in [2.24, 2.45) is 5.92 Å². The average molecular weight is 242 g/mol. The maximum Gasteiger partial charge on any atom is 0.233 e. The molecule has 0 saturated carbocycles. The summed E-state index contributed by atoms with van der Waals surface area (Å²) in [6, 6.07) is 5.30. The largest absolute Gasteiger partial charge is 0.397 e. The van der Waals surface area contributed by atoms with Crippen LogP contribution in [0.1, 0.15) is 19.4 Å². The van der Waals surface area contributed by atoms with Gasteiger partial charge in [0.1, 0.15) is 0 Å². The van der Waals surface area contributed by atoms with Crippen molar-refractivity contribution >= 4 is 21.4 Å². The molecule has 0 saturated heterocycles. The van der Waals surface area contributed by atoms with Gasteiger partial charge in [0.25, 0.3) is 0 Å². The third-order valence-corrected chi connectivity index (χ3v) is 3.74. The Kier molecular flexibility index (Phi) is 3.80. The van der Waals surface area contributed by atoms with Crippen molar-refractivity contribution < 1.29 is 8.42 Å². The molecule has 90 valence electrons. The van der Waals surface area contributed by atoms with Crippen LogP contribution in [0.2, 0.25) is 0 Å². The molecular formula is C11H18N2O2S. The molecule has 16 heavy (non-hydrogen) atoms. The quantitative estimate of drug-likeness (QED) is 0.793. The molecule has 0 aliphatic rings. The summed E-state index contributed by atoms with van der Waals surface area (Å²) < 4.78 is 26.0. The van der Waals surface area contributed by atoms with Crippen LogP contribution in [0.4, 0.5) is 11.4 Å². The monoisotopic (exact) mass is 242 g/mol. The molecule has 1 aromatic rings. The molecule has 0 bridgehead atoms. The molecule has 4 nitrogen and oxygen atoms in total. The lowest BCUT2D eigenvalue weighted by atomic mass is 10.2. The van der Waals surface area contributed by atoms with Crippen molar-refractivity contribution in [3.05, 3.63) is 23.8 Å². The predicted molar refractivity (Wildman–Crippen MR) is 67.8 cm³/mol. The fraction of sp³-hybridized carbons (Fsp3) is 0.455. The van der Waals surface area contributed by atoms with E-state index in [2.05, 4.69) is 4.72 Å². The van der Waals surface area contributed by atoms with Gasteiger partial charge in [0.05, 0.1) is 17.1 Å². The average Bonchev–Trinajstić information content (AvgIpc) is 2.09. The number of benzene rings is 1. The second-order valence-electron chi connectivity index (χ2n) is 4.32. The molecule has 5 heteroatoms. The van der Waals surface area contributed by atoms with Crippen LogP contribution in [-0.2, 0) is 10.0 Å². The van der Waals surface area contributed by atoms with Crippen LogP contribution in [0.3, 0.4) is 0 Å². The van der Waals surface area contributed by atoms with Crippen molar-refractivity contribution in [3.8, 4) is 0 Å². The first kappa shape index (κ1) is 12.8. The Balaban J connectivity index is 2.97. The van der Waals surface area contributed by atoms with E-state index in [9.17, 15) is 8.42 Å². The lowest BCUT2D eigenvalue weighted by Gasteiger charge is -2.13. The number of para-hydroxylation sites is 1. The van der Waals surface area contributed by atoms with E-state index < -0.39 is 10.0 Å².